The van der Waals surface area contributed by atoms with Crippen LogP contribution in [0.15, 0.2) is 42.5 Å². The molecule has 0 bridgehead atoms. The first-order valence-corrected chi connectivity index (χ1v) is 9.95. The lowest BCUT2D eigenvalue weighted by Crippen LogP contribution is -2.38. The summed E-state index contributed by atoms with van der Waals surface area (Å²) < 4.78 is 11.0. The summed E-state index contributed by atoms with van der Waals surface area (Å²) in [5, 5.41) is 3.49. The van der Waals surface area contributed by atoms with E-state index in [1.165, 1.54) is 0 Å². The van der Waals surface area contributed by atoms with E-state index in [1.807, 2.05) is 18.2 Å². The monoisotopic (exact) mass is 401 g/mol. The van der Waals surface area contributed by atoms with Gasteiger partial charge >= 0.3 is 0 Å². The van der Waals surface area contributed by atoms with Crippen molar-refractivity contribution in [3.8, 4) is 0 Å². The zero-order valence-corrected chi connectivity index (χ0v) is 16.5. The first-order chi connectivity index (χ1) is 13.7. The molecule has 2 aromatic carbocycles. The number of nitrogens with one attached hydrogen (secondary N) is 1. The molecule has 0 atom stereocenters. The van der Waals surface area contributed by atoms with Crippen LogP contribution in [0.5, 0.6) is 0 Å². The highest BCUT2D eigenvalue weighted by molar-refractivity contribution is 6.34. The van der Waals surface area contributed by atoms with Gasteiger partial charge in [0, 0.05) is 31.9 Å². The van der Waals surface area contributed by atoms with E-state index in [0.29, 0.717) is 23.8 Å². The van der Waals surface area contributed by atoms with Crippen LogP contribution in [0.1, 0.15) is 10.4 Å². The molecular weight excluding hydrogens is 378 g/mol. The Hall–Kier alpha value is -2.28. The Labute approximate surface area is 170 Å². The third-order valence-corrected chi connectivity index (χ3v) is 5.41. The van der Waals surface area contributed by atoms with Crippen LogP contribution in [-0.4, -0.2) is 58.5 Å². The molecule has 2 aromatic rings. The molecular formula is C21H24ClN3O3. The van der Waals surface area contributed by atoms with E-state index in [4.69, 9.17) is 21.1 Å². The summed E-state index contributed by atoms with van der Waals surface area (Å²) in [4.78, 5) is 17.4. The molecule has 0 saturated carbocycles. The second-order valence-corrected chi connectivity index (χ2v) is 7.24. The largest absolute Gasteiger partial charge is 0.378 e. The van der Waals surface area contributed by atoms with Crippen molar-refractivity contribution in [3.63, 3.8) is 0 Å². The highest BCUT2D eigenvalue weighted by atomic mass is 35.5. The van der Waals surface area contributed by atoms with Gasteiger partial charge in [0.15, 0.2) is 0 Å². The Morgan fingerprint density at radius 3 is 2.21 bits per heavy atom. The van der Waals surface area contributed by atoms with E-state index in [-0.39, 0.29) is 5.91 Å². The van der Waals surface area contributed by atoms with Gasteiger partial charge in [-0.25, -0.2) is 0 Å². The number of morpholine rings is 2. The van der Waals surface area contributed by atoms with Crippen molar-refractivity contribution < 1.29 is 14.3 Å². The lowest BCUT2D eigenvalue weighted by molar-refractivity contribution is 0.102. The number of ether oxygens (including phenoxy) is 2. The third-order valence-electron chi connectivity index (χ3n) is 5.08. The number of amides is 1. The second kappa shape index (κ2) is 8.82. The standard InChI is InChI=1S/C21H24ClN3O3/c22-18-4-2-1-3-17(18)21(26)23-19-6-5-16(24-7-11-27-12-8-24)15-20(19)25-9-13-28-14-10-25/h1-6,15H,7-14H2,(H,23,26). The molecule has 2 aliphatic rings. The van der Waals surface area contributed by atoms with E-state index in [0.717, 1.165) is 56.5 Å². The number of halogens is 1. The van der Waals surface area contributed by atoms with Crippen molar-refractivity contribution in [1.29, 1.82) is 0 Å². The molecule has 4 rings (SSSR count). The number of rotatable bonds is 4. The maximum absolute atomic E-state index is 12.8. The highest BCUT2D eigenvalue weighted by Crippen LogP contribution is 2.33. The first-order valence-electron chi connectivity index (χ1n) is 9.58. The fraction of sp³-hybridized carbons (Fsp3) is 0.381. The minimum atomic E-state index is -0.209. The predicted octanol–water partition coefficient (Wildman–Crippen LogP) is 3.27. The smallest absolute Gasteiger partial charge is 0.257 e. The molecule has 2 fully saturated rings. The summed E-state index contributed by atoms with van der Waals surface area (Å²) in [6.45, 7) is 6.15. The van der Waals surface area contributed by atoms with Crippen molar-refractivity contribution in [1.82, 2.24) is 0 Å². The van der Waals surface area contributed by atoms with Gasteiger partial charge in [-0.05, 0) is 30.3 Å². The first kappa shape index (κ1) is 19.1. The van der Waals surface area contributed by atoms with Crippen LogP contribution in [0.3, 0.4) is 0 Å². The molecule has 0 unspecified atom stereocenters. The zero-order chi connectivity index (χ0) is 19.3. The van der Waals surface area contributed by atoms with E-state index in [9.17, 15) is 4.79 Å². The van der Waals surface area contributed by atoms with Gasteiger partial charge in [0.1, 0.15) is 0 Å². The van der Waals surface area contributed by atoms with E-state index >= 15 is 0 Å². The Morgan fingerprint density at radius 2 is 1.54 bits per heavy atom. The summed E-state index contributed by atoms with van der Waals surface area (Å²) in [5.74, 6) is -0.209. The quantitative estimate of drug-likeness (QED) is 0.852. The van der Waals surface area contributed by atoms with Crippen LogP contribution in [0.2, 0.25) is 5.02 Å². The van der Waals surface area contributed by atoms with Gasteiger partial charge in [-0.15, -0.1) is 0 Å². The van der Waals surface area contributed by atoms with E-state index < -0.39 is 0 Å². The molecule has 2 saturated heterocycles. The Balaban J connectivity index is 1.63. The van der Waals surface area contributed by atoms with Crippen molar-refractivity contribution >= 4 is 34.6 Å². The van der Waals surface area contributed by atoms with Crippen molar-refractivity contribution in [2.75, 3.05) is 67.7 Å². The molecule has 0 radical (unpaired) electrons. The average Bonchev–Trinajstić information content (AvgIpc) is 2.75. The summed E-state index contributed by atoms with van der Waals surface area (Å²) in [6.07, 6.45) is 0. The number of carbonyl (C=O) groups excluding carboxylic acids is 1. The fourth-order valence-corrected chi connectivity index (χ4v) is 3.77. The van der Waals surface area contributed by atoms with Crippen LogP contribution in [0, 0.1) is 0 Å². The van der Waals surface area contributed by atoms with Crippen LogP contribution >= 0.6 is 11.6 Å². The summed E-state index contributed by atoms with van der Waals surface area (Å²) in [5.41, 5.74) is 3.39. The van der Waals surface area contributed by atoms with E-state index in [1.54, 1.807) is 12.1 Å². The van der Waals surface area contributed by atoms with Crippen LogP contribution in [0.4, 0.5) is 17.1 Å². The van der Waals surface area contributed by atoms with Crippen LogP contribution < -0.4 is 15.1 Å². The van der Waals surface area contributed by atoms with Crippen molar-refractivity contribution in [2.45, 2.75) is 0 Å². The number of hydrogen-bond donors (Lipinski definition) is 1. The van der Waals surface area contributed by atoms with Gasteiger partial charge in [-0.3, -0.25) is 4.79 Å². The minimum absolute atomic E-state index is 0.209. The molecule has 6 nitrogen and oxygen atoms in total. The number of nitrogens with zero attached hydrogens (tertiary/aromatic N) is 2. The normalized spacial score (nSPS) is 17.5. The second-order valence-electron chi connectivity index (χ2n) is 6.83. The molecule has 1 amide bonds. The Bertz CT molecular complexity index is 833. The molecule has 2 aliphatic heterocycles. The highest BCUT2D eigenvalue weighted by Gasteiger charge is 2.20. The SMILES string of the molecule is O=C(Nc1ccc(N2CCOCC2)cc1N1CCOCC1)c1ccccc1Cl. The van der Waals surface area contributed by atoms with Gasteiger partial charge in [0.25, 0.3) is 5.91 Å². The average molecular weight is 402 g/mol. The molecule has 2 heterocycles. The van der Waals surface area contributed by atoms with Crippen LogP contribution in [0.25, 0.3) is 0 Å². The topological polar surface area (TPSA) is 54.0 Å². The van der Waals surface area contributed by atoms with Gasteiger partial charge < -0.3 is 24.6 Å². The van der Waals surface area contributed by atoms with Gasteiger partial charge in [0.05, 0.1) is 48.4 Å². The molecule has 0 spiro atoms. The van der Waals surface area contributed by atoms with Crippen molar-refractivity contribution in [3.05, 3.63) is 53.1 Å². The number of carbonyl (C=O) groups is 1. The summed E-state index contributed by atoms with van der Waals surface area (Å²) in [6, 6.07) is 13.3. The maximum Gasteiger partial charge on any atom is 0.257 e. The number of hydrogen-bond acceptors (Lipinski definition) is 5. The lowest BCUT2D eigenvalue weighted by Gasteiger charge is -2.33. The lowest BCUT2D eigenvalue weighted by atomic mass is 10.1. The molecule has 0 aliphatic carbocycles. The van der Waals surface area contributed by atoms with Crippen LogP contribution in [-0.2, 0) is 9.47 Å². The zero-order valence-electron chi connectivity index (χ0n) is 15.7. The van der Waals surface area contributed by atoms with Gasteiger partial charge in [-0.2, -0.15) is 0 Å². The van der Waals surface area contributed by atoms with Gasteiger partial charge in [-0.1, -0.05) is 23.7 Å². The van der Waals surface area contributed by atoms with Gasteiger partial charge in [0.2, 0.25) is 0 Å². The summed E-state index contributed by atoms with van der Waals surface area (Å²) in [7, 11) is 0. The predicted molar refractivity (Wildman–Crippen MR) is 112 cm³/mol. The molecule has 148 valence electrons. The fourth-order valence-electron chi connectivity index (χ4n) is 3.54. The third kappa shape index (κ3) is 4.24. The number of anilines is 3. The maximum atomic E-state index is 12.8. The molecule has 7 heteroatoms. The summed E-state index contributed by atoms with van der Waals surface area (Å²) >= 11 is 6.19. The molecule has 1 N–H and O–H groups in total. The molecule has 0 aromatic heterocycles. The van der Waals surface area contributed by atoms with Crippen molar-refractivity contribution in [2.24, 2.45) is 0 Å². The minimum Gasteiger partial charge on any atom is -0.378 e. The Kier molecular flexibility index (Phi) is 6.00. The Morgan fingerprint density at radius 1 is 0.893 bits per heavy atom. The molecule has 28 heavy (non-hydrogen) atoms. The number of benzene rings is 2. The van der Waals surface area contributed by atoms with E-state index in [2.05, 4.69) is 27.2 Å².